The van der Waals surface area contributed by atoms with E-state index in [1.807, 2.05) is 32.0 Å². The van der Waals surface area contributed by atoms with Gasteiger partial charge in [-0.15, -0.1) is 11.3 Å². The predicted molar refractivity (Wildman–Crippen MR) is 80.3 cm³/mol. The van der Waals surface area contributed by atoms with E-state index in [1.54, 1.807) is 0 Å². The van der Waals surface area contributed by atoms with Crippen LogP contribution < -0.4 is 5.73 Å². The molecule has 0 fully saturated rings. The molecule has 3 N–H and O–H groups in total. The van der Waals surface area contributed by atoms with Crippen molar-refractivity contribution < 1.29 is 9.90 Å². The van der Waals surface area contributed by atoms with E-state index in [1.165, 1.54) is 11.3 Å². The van der Waals surface area contributed by atoms with Crippen molar-refractivity contribution in [2.45, 2.75) is 20.3 Å². The highest BCUT2D eigenvalue weighted by Gasteiger charge is 2.20. The molecule has 3 nitrogen and oxygen atoms in total. The molecule has 0 unspecified atom stereocenters. The van der Waals surface area contributed by atoms with Crippen LogP contribution in [0, 0.1) is 6.92 Å². The summed E-state index contributed by atoms with van der Waals surface area (Å²) in [5.41, 5.74) is 9.13. The largest absolute Gasteiger partial charge is 0.477 e. The summed E-state index contributed by atoms with van der Waals surface area (Å²) in [6.45, 7) is 3.92. The summed E-state index contributed by atoms with van der Waals surface area (Å²) in [5, 5.41) is 9.80. The van der Waals surface area contributed by atoms with E-state index in [-0.39, 0.29) is 4.88 Å². The van der Waals surface area contributed by atoms with Crippen LogP contribution in [0.15, 0.2) is 18.2 Å². The molecule has 0 bridgehead atoms. The maximum atomic E-state index is 11.2. The van der Waals surface area contributed by atoms with E-state index in [4.69, 9.17) is 22.4 Å². The number of thiophene rings is 1. The number of nitrogen functional groups attached to an aromatic ring is 1. The molecule has 5 heteroatoms. The molecule has 19 heavy (non-hydrogen) atoms. The molecule has 0 aliphatic carbocycles. The standard InChI is InChI=1S/C14H14ClNO2S/c1-3-10-11(16)13(14(17)18)19-12(10)8-4-7(2)5-9(15)6-8/h4-6H,3,16H2,1-2H3,(H,17,18). The van der Waals surface area contributed by atoms with Crippen molar-refractivity contribution in [3.63, 3.8) is 0 Å². The number of hydrogen-bond acceptors (Lipinski definition) is 3. The SMILES string of the molecule is CCc1c(-c2cc(C)cc(Cl)c2)sc(C(=O)O)c1N. The Morgan fingerprint density at radius 2 is 2.11 bits per heavy atom. The Balaban J connectivity index is 2.67. The van der Waals surface area contributed by atoms with Gasteiger partial charge in [-0.05, 0) is 42.2 Å². The first-order chi connectivity index (χ1) is 8.93. The fraction of sp³-hybridized carbons (Fsp3) is 0.214. The summed E-state index contributed by atoms with van der Waals surface area (Å²) in [6.07, 6.45) is 0.691. The highest BCUT2D eigenvalue weighted by atomic mass is 35.5. The molecular weight excluding hydrogens is 282 g/mol. The number of nitrogens with two attached hydrogens (primary N) is 1. The Labute approximate surface area is 120 Å². The van der Waals surface area contributed by atoms with Gasteiger partial charge in [0, 0.05) is 9.90 Å². The lowest BCUT2D eigenvalue weighted by molar-refractivity contribution is 0.0703. The second kappa shape index (κ2) is 5.23. The van der Waals surface area contributed by atoms with Crippen LogP contribution in [-0.2, 0) is 6.42 Å². The number of hydrogen-bond donors (Lipinski definition) is 2. The molecule has 0 aliphatic rings. The Kier molecular flexibility index (Phi) is 3.83. The molecule has 1 aromatic carbocycles. The zero-order chi connectivity index (χ0) is 14.2. The zero-order valence-corrected chi connectivity index (χ0v) is 12.2. The summed E-state index contributed by atoms with van der Waals surface area (Å²) in [4.78, 5) is 12.3. The number of carboxylic acid groups (broad SMARTS) is 1. The van der Waals surface area contributed by atoms with E-state index < -0.39 is 5.97 Å². The van der Waals surface area contributed by atoms with Crippen LogP contribution in [0.3, 0.4) is 0 Å². The number of halogens is 1. The summed E-state index contributed by atoms with van der Waals surface area (Å²) >= 11 is 7.27. The molecule has 0 aliphatic heterocycles. The molecule has 0 amide bonds. The third-order valence-corrected chi connectivity index (χ3v) is 4.40. The van der Waals surface area contributed by atoms with Gasteiger partial charge >= 0.3 is 5.97 Å². The van der Waals surface area contributed by atoms with Crippen molar-refractivity contribution in [1.82, 2.24) is 0 Å². The van der Waals surface area contributed by atoms with Crippen LogP contribution in [0.4, 0.5) is 5.69 Å². The van der Waals surface area contributed by atoms with Gasteiger partial charge in [0.25, 0.3) is 0 Å². The van der Waals surface area contributed by atoms with Crippen molar-refractivity contribution in [3.8, 4) is 10.4 Å². The first-order valence-electron chi connectivity index (χ1n) is 5.86. The first-order valence-corrected chi connectivity index (χ1v) is 7.05. The van der Waals surface area contributed by atoms with Crippen molar-refractivity contribution in [2.24, 2.45) is 0 Å². The normalized spacial score (nSPS) is 10.7. The molecule has 1 aromatic heterocycles. The highest BCUT2D eigenvalue weighted by molar-refractivity contribution is 7.18. The van der Waals surface area contributed by atoms with Crippen LogP contribution in [0.5, 0.6) is 0 Å². The van der Waals surface area contributed by atoms with E-state index in [9.17, 15) is 4.79 Å². The molecule has 0 saturated heterocycles. The highest BCUT2D eigenvalue weighted by Crippen LogP contribution is 2.40. The number of aryl methyl sites for hydroxylation is 1. The Morgan fingerprint density at radius 3 is 2.63 bits per heavy atom. The quantitative estimate of drug-likeness (QED) is 0.891. The fourth-order valence-corrected chi connectivity index (χ4v) is 3.52. The second-order valence-corrected chi connectivity index (χ2v) is 5.79. The van der Waals surface area contributed by atoms with E-state index in [2.05, 4.69) is 0 Å². The zero-order valence-electron chi connectivity index (χ0n) is 10.7. The second-order valence-electron chi connectivity index (χ2n) is 4.33. The molecule has 0 spiro atoms. The van der Waals surface area contributed by atoms with Gasteiger partial charge in [0.1, 0.15) is 4.88 Å². The maximum absolute atomic E-state index is 11.2. The molecule has 100 valence electrons. The number of benzene rings is 1. The molecule has 0 saturated carbocycles. The van der Waals surface area contributed by atoms with E-state index in [0.29, 0.717) is 17.1 Å². The minimum atomic E-state index is -0.984. The van der Waals surface area contributed by atoms with Gasteiger partial charge in [0.15, 0.2) is 0 Å². The number of carbonyl (C=O) groups is 1. The van der Waals surface area contributed by atoms with E-state index >= 15 is 0 Å². The van der Waals surface area contributed by atoms with Crippen molar-refractivity contribution in [1.29, 1.82) is 0 Å². The van der Waals surface area contributed by atoms with Gasteiger partial charge in [-0.1, -0.05) is 24.6 Å². The van der Waals surface area contributed by atoms with Crippen molar-refractivity contribution in [3.05, 3.63) is 39.2 Å². The third kappa shape index (κ3) is 2.60. The monoisotopic (exact) mass is 295 g/mol. The summed E-state index contributed by atoms with van der Waals surface area (Å²) in [7, 11) is 0. The van der Waals surface area contributed by atoms with E-state index in [0.717, 1.165) is 21.6 Å². The molecular formula is C14H14ClNO2S. The first kappa shape index (κ1) is 13.9. The van der Waals surface area contributed by atoms with Gasteiger partial charge in [0.2, 0.25) is 0 Å². The van der Waals surface area contributed by atoms with Gasteiger partial charge in [-0.3, -0.25) is 0 Å². The molecule has 0 atom stereocenters. The Bertz CT molecular complexity index is 629. The third-order valence-electron chi connectivity index (χ3n) is 2.90. The number of anilines is 1. The van der Waals surface area contributed by atoms with Crippen molar-refractivity contribution >= 4 is 34.6 Å². The summed E-state index contributed by atoms with van der Waals surface area (Å²) in [6, 6.07) is 5.69. The molecule has 2 aromatic rings. The smallest absolute Gasteiger partial charge is 0.348 e. The Morgan fingerprint density at radius 1 is 1.42 bits per heavy atom. The van der Waals surface area contributed by atoms with Gasteiger partial charge in [0.05, 0.1) is 5.69 Å². The van der Waals surface area contributed by atoms with Gasteiger partial charge < -0.3 is 10.8 Å². The lowest BCUT2D eigenvalue weighted by Gasteiger charge is -2.05. The lowest BCUT2D eigenvalue weighted by atomic mass is 10.0. The topological polar surface area (TPSA) is 63.3 Å². The predicted octanol–water partition coefficient (Wildman–Crippen LogP) is 4.22. The molecule has 1 heterocycles. The summed E-state index contributed by atoms with van der Waals surface area (Å²) < 4.78 is 0. The van der Waals surface area contributed by atoms with Crippen LogP contribution in [0.25, 0.3) is 10.4 Å². The van der Waals surface area contributed by atoms with Gasteiger partial charge in [-0.25, -0.2) is 4.79 Å². The van der Waals surface area contributed by atoms with Gasteiger partial charge in [-0.2, -0.15) is 0 Å². The number of aromatic carboxylic acids is 1. The number of carboxylic acids is 1. The van der Waals surface area contributed by atoms with Crippen LogP contribution in [0.2, 0.25) is 5.02 Å². The minimum absolute atomic E-state index is 0.199. The Hall–Kier alpha value is -1.52. The fourth-order valence-electron chi connectivity index (χ4n) is 2.09. The minimum Gasteiger partial charge on any atom is -0.477 e. The number of rotatable bonds is 3. The van der Waals surface area contributed by atoms with Crippen LogP contribution in [-0.4, -0.2) is 11.1 Å². The molecule has 2 rings (SSSR count). The average Bonchev–Trinajstić information content (AvgIpc) is 2.65. The van der Waals surface area contributed by atoms with Crippen LogP contribution in [0.1, 0.15) is 27.7 Å². The maximum Gasteiger partial charge on any atom is 0.348 e. The van der Waals surface area contributed by atoms with Crippen LogP contribution >= 0.6 is 22.9 Å². The molecule has 0 radical (unpaired) electrons. The average molecular weight is 296 g/mol. The summed E-state index contributed by atoms with van der Waals surface area (Å²) in [5.74, 6) is -0.984. The van der Waals surface area contributed by atoms with Crippen molar-refractivity contribution in [2.75, 3.05) is 5.73 Å². The lowest BCUT2D eigenvalue weighted by Crippen LogP contribution is -1.99.